The maximum absolute atomic E-state index is 12.5. The fraction of sp³-hybridized carbons (Fsp3) is 0.970. The summed E-state index contributed by atoms with van der Waals surface area (Å²) >= 11 is 0. The molecule has 0 saturated heterocycles. The van der Waals surface area contributed by atoms with Crippen LogP contribution in [0, 0.1) is 0 Å². The minimum atomic E-state index is -0.662. The zero-order chi connectivity index (χ0) is 52.2. The first-order chi connectivity index (χ1) is 35.5. The number of esters is 1. The summed E-state index contributed by atoms with van der Waals surface area (Å²) in [5, 5.41) is 23.3. The van der Waals surface area contributed by atoms with E-state index in [0.717, 1.165) is 38.5 Å². The number of amides is 1. The van der Waals surface area contributed by atoms with Gasteiger partial charge in [-0.15, -0.1) is 0 Å². The molecule has 1 amide bonds. The highest BCUT2D eigenvalue weighted by atomic mass is 16.5. The molecule has 2 atom stereocenters. The fourth-order valence-electron chi connectivity index (χ4n) is 10.8. The number of hydrogen-bond donors (Lipinski definition) is 3. The Labute approximate surface area is 451 Å². The van der Waals surface area contributed by atoms with Crippen molar-refractivity contribution >= 4 is 11.9 Å². The van der Waals surface area contributed by atoms with Crippen LogP contribution in [0.2, 0.25) is 0 Å². The molecule has 0 aliphatic rings. The molecule has 430 valence electrons. The van der Waals surface area contributed by atoms with Crippen molar-refractivity contribution in [3.63, 3.8) is 0 Å². The Kier molecular flexibility index (Phi) is 61.4. The number of carbonyl (C=O) groups excluding carboxylic acids is 2. The maximum Gasteiger partial charge on any atom is 0.305 e. The van der Waals surface area contributed by atoms with Crippen molar-refractivity contribution in [2.75, 3.05) is 13.2 Å². The molecule has 6 nitrogen and oxygen atoms in total. The van der Waals surface area contributed by atoms with Crippen LogP contribution in [0.25, 0.3) is 0 Å². The first-order valence-electron chi connectivity index (χ1n) is 33.3. The molecule has 0 aromatic rings. The summed E-state index contributed by atoms with van der Waals surface area (Å²) in [6.45, 7) is 4.99. The summed E-state index contributed by atoms with van der Waals surface area (Å²) in [7, 11) is 0. The molecular weight excluding hydrogens is 887 g/mol. The lowest BCUT2D eigenvalue weighted by Crippen LogP contribution is -2.45. The summed E-state index contributed by atoms with van der Waals surface area (Å²) in [5.41, 5.74) is 0. The zero-order valence-electron chi connectivity index (χ0n) is 49.2. The molecule has 3 N–H and O–H groups in total. The van der Waals surface area contributed by atoms with Crippen molar-refractivity contribution in [3.8, 4) is 0 Å². The van der Waals surface area contributed by atoms with E-state index in [2.05, 4.69) is 19.2 Å². The van der Waals surface area contributed by atoms with Gasteiger partial charge in [-0.25, -0.2) is 0 Å². The molecule has 72 heavy (non-hydrogen) atoms. The van der Waals surface area contributed by atoms with E-state index in [1.807, 2.05) is 0 Å². The molecule has 0 bridgehead atoms. The Bertz CT molecular complexity index is 1040. The van der Waals surface area contributed by atoms with Gasteiger partial charge in [-0.3, -0.25) is 9.59 Å². The van der Waals surface area contributed by atoms with Gasteiger partial charge in [0.05, 0.1) is 25.4 Å². The Balaban J connectivity index is 3.32. The molecule has 0 aromatic carbocycles. The summed E-state index contributed by atoms with van der Waals surface area (Å²) < 4.78 is 5.51. The van der Waals surface area contributed by atoms with E-state index in [-0.39, 0.29) is 18.5 Å². The van der Waals surface area contributed by atoms with Gasteiger partial charge in [0.1, 0.15) is 0 Å². The normalized spacial score (nSPS) is 12.4. The molecule has 0 rings (SSSR count). The SMILES string of the molecule is CCCCCCCCCCCCCCCCCCCCCC(=O)OCCCCCCCCCCCCCCCCCCCCCCCCCC(=O)NC(CO)C(O)CCCCCCCCCCCCCCC. The third kappa shape index (κ3) is 58.1. The summed E-state index contributed by atoms with van der Waals surface area (Å²) in [5.74, 6) is -0.0114. The predicted molar refractivity (Wildman–Crippen MR) is 315 cm³/mol. The number of aliphatic hydroxyl groups excluding tert-OH is 2. The van der Waals surface area contributed by atoms with E-state index < -0.39 is 12.1 Å². The molecule has 0 aliphatic carbocycles. The highest BCUT2D eigenvalue weighted by Crippen LogP contribution is 2.19. The first-order valence-corrected chi connectivity index (χ1v) is 33.3. The summed E-state index contributed by atoms with van der Waals surface area (Å²) in [6.07, 6.45) is 74.2. The van der Waals surface area contributed by atoms with Crippen LogP contribution in [0.4, 0.5) is 0 Å². The number of rotatable bonds is 63. The van der Waals surface area contributed by atoms with Crippen molar-refractivity contribution in [1.82, 2.24) is 5.32 Å². The van der Waals surface area contributed by atoms with Crippen LogP contribution >= 0.6 is 0 Å². The van der Waals surface area contributed by atoms with Crippen LogP contribution in [-0.4, -0.2) is 47.4 Å². The number of nitrogens with one attached hydrogen (secondary N) is 1. The third-order valence-corrected chi connectivity index (χ3v) is 15.9. The van der Waals surface area contributed by atoms with Crippen LogP contribution in [-0.2, 0) is 14.3 Å². The minimum Gasteiger partial charge on any atom is -0.466 e. The topological polar surface area (TPSA) is 95.9 Å². The third-order valence-electron chi connectivity index (χ3n) is 15.9. The number of carbonyl (C=O) groups is 2. The van der Waals surface area contributed by atoms with Gasteiger partial charge in [0.25, 0.3) is 0 Å². The van der Waals surface area contributed by atoms with Gasteiger partial charge in [-0.1, -0.05) is 348 Å². The molecular formula is C66H131NO5. The molecule has 2 unspecified atom stereocenters. The van der Waals surface area contributed by atoms with E-state index in [9.17, 15) is 19.8 Å². The maximum atomic E-state index is 12.5. The van der Waals surface area contributed by atoms with E-state index in [1.165, 1.54) is 315 Å². The van der Waals surface area contributed by atoms with E-state index in [1.54, 1.807) is 0 Å². The Morgan fingerprint density at radius 2 is 0.569 bits per heavy atom. The number of unbranched alkanes of at least 4 members (excludes halogenated alkanes) is 52. The molecule has 0 aliphatic heterocycles. The Morgan fingerprint density at radius 3 is 0.847 bits per heavy atom. The smallest absolute Gasteiger partial charge is 0.305 e. The van der Waals surface area contributed by atoms with Crippen molar-refractivity contribution in [2.45, 2.75) is 398 Å². The van der Waals surface area contributed by atoms with E-state index in [0.29, 0.717) is 25.9 Å². The van der Waals surface area contributed by atoms with Crippen LogP contribution in [0.5, 0.6) is 0 Å². The quantitative estimate of drug-likeness (QED) is 0.0417. The average Bonchev–Trinajstić information content (AvgIpc) is 3.38. The number of hydrogen-bond acceptors (Lipinski definition) is 5. The monoisotopic (exact) mass is 1020 g/mol. The van der Waals surface area contributed by atoms with Gasteiger partial charge in [0.2, 0.25) is 5.91 Å². The first kappa shape index (κ1) is 70.9. The van der Waals surface area contributed by atoms with Gasteiger partial charge < -0.3 is 20.3 Å². The van der Waals surface area contributed by atoms with Crippen LogP contribution < -0.4 is 5.32 Å². The van der Waals surface area contributed by atoms with Gasteiger partial charge in [-0.2, -0.15) is 0 Å². The molecule has 0 radical (unpaired) electrons. The van der Waals surface area contributed by atoms with Crippen LogP contribution in [0.1, 0.15) is 386 Å². The summed E-state index contributed by atoms with van der Waals surface area (Å²) in [6, 6.07) is -0.539. The number of aliphatic hydroxyl groups is 2. The predicted octanol–water partition coefficient (Wildman–Crippen LogP) is 21.0. The average molecular weight is 1020 g/mol. The number of ether oxygens (including phenoxy) is 1. The zero-order valence-corrected chi connectivity index (χ0v) is 49.2. The van der Waals surface area contributed by atoms with Gasteiger partial charge in [-0.05, 0) is 25.7 Å². The molecule has 0 aromatic heterocycles. The second-order valence-electron chi connectivity index (χ2n) is 23.2. The van der Waals surface area contributed by atoms with E-state index >= 15 is 0 Å². The lowest BCUT2D eigenvalue weighted by atomic mass is 10.0. The van der Waals surface area contributed by atoms with Crippen LogP contribution in [0.3, 0.4) is 0 Å². The Hall–Kier alpha value is -1.14. The molecule has 6 heteroatoms. The highest BCUT2D eigenvalue weighted by Gasteiger charge is 2.20. The molecule has 0 heterocycles. The van der Waals surface area contributed by atoms with Crippen molar-refractivity contribution in [1.29, 1.82) is 0 Å². The van der Waals surface area contributed by atoms with Gasteiger partial charge in [0.15, 0.2) is 0 Å². The molecule has 0 fully saturated rings. The summed E-state index contributed by atoms with van der Waals surface area (Å²) in [4.78, 5) is 24.6. The minimum absolute atomic E-state index is 0.0204. The molecule has 0 spiro atoms. The van der Waals surface area contributed by atoms with Crippen molar-refractivity contribution in [2.24, 2.45) is 0 Å². The highest BCUT2D eigenvalue weighted by molar-refractivity contribution is 5.76. The van der Waals surface area contributed by atoms with Crippen molar-refractivity contribution < 1.29 is 24.5 Å². The lowest BCUT2D eigenvalue weighted by Gasteiger charge is -2.22. The second kappa shape index (κ2) is 62.4. The lowest BCUT2D eigenvalue weighted by molar-refractivity contribution is -0.143. The molecule has 0 saturated carbocycles. The standard InChI is InChI=1S/C66H131NO5/c1-3-5-7-9-11-13-15-17-18-19-25-29-32-36-40-44-48-52-56-60-66(71)72-61-57-53-49-45-41-37-33-30-27-24-22-20-21-23-26-28-31-35-39-43-47-51-55-59-65(70)67-63(62-68)64(69)58-54-50-46-42-38-34-16-14-12-10-8-6-4-2/h63-64,68-69H,3-62H2,1-2H3,(H,67,70). The van der Waals surface area contributed by atoms with Gasteiger partial charge in [0, 0.05) is 12.8 Å². The fourth-order valence-corrected chi connectivity index (χ4v) is 10.8. The van der Waals surface area contributed by atoms with Crippen LogP contribution in [0.15, 0.2) is 0 Å². The van der Waals surface area contributed by atoms with Gasteiger partial charge >= 0.3 is 5.97 Å². The van der Waals surface area contributed by atoms with Crippen molar-refractivity contribution in [3.05, 3.63) is 0 Å². The largest absolute Gasteiger partial charge is 0.466 e. The Morgan fingerprint density at radius 1 is 0.333 bits per heavy atom. The van der Waals surface area contributed by atoms with E-state index in [4.69, 9.17) is 4.74 Å². The second-order valence-corrected chi connectivity index (χ2v) is 23.2.